The number of hydrogen-bond acceptors (Lipinski definition) is 3. The van der Waals surface area contributed by atoms with Crippen molar-refractivity contribution in [3.63, 3.8) is 0 Å². The zero-order valence-corrected chi connectivity index (χ0v) is 13.5. The minimum atomic E-state index is -0.293. The van der Waals surface area contributed by atoms with Crippen LogP contribution < -0.4 is 10.1 Å². The van der Waals surface area contributed by atoms with E-state index in [2.05, 4.69) is 10.3 Å². The number of nitrogens with zero attached hydrogens (tertiary/aromatic N) is 1. The predicted molar refractivity (Wildman–Crippen MR) is 92.6 cm³/mol. The second-order valence-electron chi connectivity index (χ2n) is 5.46. The summed E-state index contributed by atoms with van der Waals surface area (Å²) in [4.78, 5) is 16.5. The Bertz CT molecular complexity index is 836. The van der Waals surface area contributed by atoms with E-state index in [1.165, 1.54) is 12.1 Å². The first kappa shape index (κ1) is 16.6. The van der Waals surface area contributed by atoms with Crippen molar-refractivity contribution in [2.45, 2.75) is 13.2 Å². The van der Waals surface area contributed by atoms with E-state index in [1.54, 1.807) is 48.8 Å². The number of halogens is 1. The van der Waals surface area contributed by atoms with Crippen LogP contribution in [0.15, 0.2) is 73.1 Å². The van der Waals surface area contributed by atoms with Crippen molar-refractivity contribution in [3.05, 3.63) is 95.6 Å². The van der Waals surface area contributed by atoms with Gasteiger partial charge >= 0.3 is 0 Å². The van der Waals surface area contributed by atoms with Crippen LogP contribution in [0.5, 0.6) is 5.75 Å². The fourth-order valence-electron chi connectivity index (χ4n) is 2.30. The van der Waals surface area contributed by atoms with Gasteiger partial charge in [-0.25, -0.2) is 4.39 Å². The lowest BCUT2D eigenvalue weighted by molar-refractivity contribution is 0.0946. The summed E-state index contributed by atoms with van der Waals surface area (Å²) in [6, 6.07) is 16.8. The second-order valence-corrected chi connectivity index (χ2v) is 5.46. The first-order valence-electron chi connectivity index (χ1n) is 7.86. The predicted octanol–water partition coefficient (Wildman–Crippen LogP) is 3.73. The molecule has 126 valence electrons. The standard InChI is InChI=1S/C20H17FN2O2/c21-17-9-7-15(8-10-17)14-25-19-6-2-1-5-18(19)20(24)23-13-16-4-3-11-22-12-16/h1-12H,13-14H2,(H,23,24). The van der Waals surface area contributed by atoms with E-state index in [0.29, 0.717) is 17.9 Å². The van der Waals surface area contributed by atoms with Gasteiger partial charge in [-0.1, -0.05) is 30.3 Å². The van der Waals surface area contributed by atoms with E-state index in [0.717, 1.165) is 11.1 Å². The van der Waals surface area contributed by atoms with Crippen molar-refractivity contribution >= 4 is 5.91 Å². The van der Waals surface area contributed by atoms with Crippen molar-refractivity contribution in [2.75, 3.05) is 0 Å². The molecular weight excluding hydrogens is 319 g/mol. The van der Waals surface area contributed by atoms with Gasteiger partial charge in [0, 0.05) is 18.9 Å². The highest BCUT2D eigenvalue weighted by Gasteiger charge is 2.12. The fraction of sp³-hybridized carbons (Fsp3) is 0.100. The summed E-state index contributed by atoms with van der Waals surface area (Å²) in [6.07, 6.45) is 3.39. The summed E-state index contributed by atoms with van der Waals surface area (Å²) >= 11 is 0. The molecule has 0 aliphatic heterocycles. The van der Waals surface area contributed by atoms with Crippen LogP contribution in [-0.2, 0) is 13.2 Å². The van der Waals surface area contributed by atoms with Crippen LogP contribution in [-0.4, -0.2) is 10.9 Å². The number of benzene rings is 2. The van der Waals surface area contributed by atoms with Gasteiger partial charge in [0.15, 0.2) is 0 Å². The highest BCUT2D eigenvalue weighted by atomic mass is 19.1. The monoisotopic (exact) mass is 336 g/mol. The molecule has 1 N–H and O–H groups in total. The molecule has 3 rings (SSSR count). The number of hydrogen-bond donors (Lipinski definition) is 1. The highest BCUT2D eigenvalue weighted by molar-refractivity contribution is 5.96. The summed E-state index contributed by atoms with van der Waals surface area (Å²) in [7, 11) is 0. The summed E-state index contributed by atoms with van der Waals surface area (Å²) < 4.78 is 18.7. The number of carbonyl (C=O) groups excluding carboxylic acids is 1. The van der Waals surface area contributed by atoms with Crippen molar-refractivity contribution in [3.8, 4) is 5.75 Å². The molecule has 0 fully saturated rings. The Hall–Kier alpha value is -3.21. The molecule has 1 amide bonds. The third-order valence-electron chi connectivity index (χ3n) is 3.62. The first-order valence-corrected chi connectivity index (χ1v) is 7.86. The number of aromatic nitrogens is 1. The lowest BCUT2D eigenvalue weighted by atomic mass is 10.1. The maximum absolute atomic E-state index is 12.9. The van der Waals surface area contributed by atoms with Gasteiger partial charge in [0.05, 0.1) is 5.56 Å². The summed E-state index contributed by atoms with van der Waals surface area (Å²) in [6.45, 7) is 0.645. The molecule has 0 radical (unpaired) electrons. The number of rotatable bonds is 6. The molecule has 1 heterocycles. The number of pyridine rings is 1. The van der Waals surface area contributed by atoms with Crippen LogP contribution in [0, 0.1) is 5.82 Å². The van der Waals surface area contributed by atoms with Crippen LogP contribution in [0.2, 0.25) is 0 Å². The third kappa shape index (κ3) is 4.64. The Balaban J connectivity index is 1.65. The summed E-state index contributed by atoms with van der Waals surface area (Å²) in [5, 5.41) is 2.85. The first-order chi connectivity index (χ1) is 12.2. The Morgan fingerprint density at radius 2 is 1.80 bits per heavy atom. The molecule has 0 unspecified atom stereocenters. The van der Waals surface area contributed by atoms with Gasteiger partial charge in [0.2, 0.25) is 0 Å². The largest absolute Gasteiger partial charge is 0.488 e. The van der Waals surface area contributed by atoms with Crippen LogP contribution in [0.3, 0.4) is 0 Å². The zero-order valence-electron chi connectivity index (χ0n) is 13.5. The van der Waals surface area contributed by atoms with Crippen LogP contribution in [0.1, 0.15) is 21.5 Å². The molecule has 5 heteroatoms. The van der Waals surface area contributed by atoms with Crippen molar-refractivity contribution in [1.29, 1.82) is 0 Å². The quantitative estimate of drug-likeness (QED) is 0.746. The number of carbonyl (C=O) groups is 1. The normalized spacial score (nSPS) is 10.3. The molecule has 0 saturated heterocycles. The molecule has 0 saturated carbocycles. The van der Waals surface area contributed by atoms with E-state index in [-0.39, 0.29) is 18.3 Å². The third-order valence-corrected chi connectivity index (χ3v) is 3.62. The molecule has 0 spiro atoms. The van der Waals surface area contributed by atoms with E-state index in [1.807, 2.05) is 12.1 Å². The van der Waals surface area contributed by atoms with Crippen molar-refractivity contribution in [2.24, 2.45) is 0 Å². The van der Waals surface area contributed by atoms with Crippen LogP contribution in [0.4, 0.5) is 4.39 Å². The topological polar surface area (TPSA) is 51.2 Å². The zero-order chi connectivity index (χ0) is 17.5. The Morgan fingerprint density at radius 3 is 2.56 bits per heavy atom. The van der Waals surface area contributed by atoms with Crippen molar-refractivity contribution in [1.82, 2.24) is 10.3 Å². The van der Waals surface area contributed by atoms with Gasteiger partial charge in [0.25, 0.3) is 5.91 Å². The maximum atomic E-state index is 12.9. The molecule has 0 aliphatic carbocycles. The van der Waals surface area contributed by atoms with Gasteiger partial charge < -0.3 is 10.1 Å². The second kappa shape index (κ2) is 8.06. The van der Waals surface area contributed by atoms with Gasteiger partial charge in [0.1, 0.15) is 18.2 Å². The van der Waals surface area contributed by atoms with E-state index < -0.39 is 0 Å². The smallest absolute Gasteiger partial charge is 0.255 e. The van der Waals surface area contributed by atoms with E-state index in [9.17, 15) is 9.18 Å². The van der Waals surface area contributed by atoms with Gasteiger partial charge in [-0.05, 0) is 41.5 Å². The molecule has 0 bridgehead atoms. The van der Waals surface area contributed by atoms with Gasteiger partial charge in [-0.2, -0.15) is 0 Å². The van der Waals surface area contributed by atoms with Gasteiger partial charge in [-0.15, -0.1) is 0 Å². The number of amides is 1. The SMILES string of the molecule is O=C(NCc1cccnc1)c1ccccc1OCc1ccc(F)cc1. The molecule has 1 aromatic heterocycles. The Kier molecular flexibility index (Phi) is 5.36. The van der Waals surface area contributed by atoms with Crippen LogP contribution >= 0.6 is 0 Å². The fourth-order valence-corrected chi connectivity index (χ4v) is 2.30. The maximum Gasteiger partial charge on any atom is 0.255 e. The lowest BCUT2D eigenvalue weighted by Crippen LogP contribution is -2.23. The number of nitrogens with one attached hydrogen (secondary N) is 1. The summed E-state index contributed by atoms with van der Waals surface area (Å²) in [5.74, 6) is -0.0343. The Morgan fingerprint density at radius 1 is 1.00 bits per heavy atom. The minimum absolute atomic E-state index is 0.224. The van der Waals surface area contributed by atoms with Gasteiger partial charge in [-0.3, -0.25) is 9.78 Å². The minimum Gasteiger partial charge on any atom is -0.488 e. The molecule has 4 nitrogen and oxygen atoms in total. The average Bonchev–Trinajstić information content (AvgIpc) is 2.67. The molecule has 2 aromatic carbocycles. The molecule has 3 aromatic rings. The molecular formula is C20H17FN2O2. The number of ether oxygens (including phenoxy) is 1. The van der Waals surface area contributed by atoms with Crippen molar-refractivity contribution < 1.29 is 13.9 Å². The van der Waals surface area contributed by atoms with Crippen LogP contribution in [0.25, 0.3) is 0 Å². The highest BCUT2D eigenvalue weighted by Crippen LogP contribution is 2.19. The molecule has 25 heavy (non-hydrogen) atoms. The van der Waals surface area contributed by atoms with E-state index in [4.69, 9.17) is 4.74 Å². The van der Waals surface area contributed by atoms with E-state index >= 15 is 0 Å². The Labute approximate surface area is 145 Å². The summed E-state index contributed by atoms with van der Waals surface area (Å²) in [5.41, 5.74) is 2.20. The lowest BCUT2D eigenvalue weighted by Gasteiger charge is -2.12. The average molecular weight is 336 g/mol. The number of para-hydroxylation sites is 1. The molecule has 0 atom stereocenters. The molecule has 0 aliphatic rings.